The van der Waals surface area contributed by atoms with Crippen molar-refractivity contribution in [3.05, 3.63) is 152 Å². The highest BCUT2D eigenvalue weighted by atomic mass is 16.3. The van der Waals surface area contributed by atoms with Crippen LogP contribution in [0.15, 0.2) is 156 Å². The molecule has 0 saturated carbocycles. The van der Waals surface area contributed by atoms with Gasteiger partial charge in [-0.1, -0.05) is 121 Å². The van der Waals surface area contributed by atoms with Crippen LogP contribution < -0.4 is 0 Å². The molecule has 0 aliphatic heterocycles. The van der Waals surface area contributed by atoms with Crippen molar-refractivity contribution in [1.82, 2.24) is 15.0 Å². The van der Waals surface area contributed by atoms with E-state index in [1.54, 1.807) is 0 Å². The molecule has 2 heterocycles. The van der Waals surface area contributed by atoms with Crippen molar-refractivity contribution in [2.75, 3.05) is 0 Å². The smallest absolute Gasteiger partial charge is 0.164 e. The molecule has 9 aromatic rings. The van der Waals surface area contributed by atoms with Crippen LogP contribution in [-0.4, -0.2) is 15.0 Å². The normalized spacial score (nSPS) is 11.6. The van der Waals surface area contributed by atoms with Gasteiger partial charge in [0.2, 0.25) is 0 Å². The summed E-state index contributed by atoms with van der Waals surface area (Å²) in [5.41, 5.74) is 6.86. The van der Waals surface area contributed by atoms with Gasteiger partial charge in [0.25, 0.3) is 0 Å². The fourth-order valence-corrected chi connectivity index (χ4v) is 6.24. The monoisotopic (exact) mass is 575 g/mol. The molecule has 0 radical (unpaired) electrons. The standard InChI is InChI=1S/C41H25N3O/c1-2-10-27(11-3-1)39-42-40(44-41(43-39)32-21-22-36-35-14-6-7-16-37(35)45-38(36)25-32)31-20-18-28-23-30(19-17-29(28)24-31)34-15-8-12-26-9-4-5-13-33(26)34/h1-25H. The van der Waals surface area contributed by atoms with Gasteiger partial charge in [0.05, 0.1) is 0 Å². The van der Waals surface area contributed by atoms with Crippen molar-refractivity contribution in [2.24, 2.45) is 0 Å². The van der Waals surface area contributed by atoms with Crippen LogP contribution in [0.1, 0.15) is 0 Å². The Labute approximate surface area is 259 Å². The lowest BCUT2D eigenvalue weighted by molar-refractivity contribution is 0.669. The Morgan fingerprint density at radius 2 is 0.911 bits per heavy atom. The van der Waals surface area contributed by atoms with Crippen molar-refractivity contribution in [3.8, 4) is 45.3 Å². The average Bonchev–Trinajstić information content (AvgIpc) is 3.49. The molecule has 0 spiro atoms. The van der Waals surface area contributed by atoms with Crippen LogP contribution in [0.2, 0.25) is 0 Å². The molecule has 0 bridgehead atoms. The fourth-order valence-electron chi connectivity index (χ4n) is 6.24. The zero-order chi connectivity index (χ0) is 29.7. The number of nitrogens with zero attached hydrogens (tertiary/aromatic N) is 3. The summed E-state index contributed by atoms with van der Waals surface area (Å²) in [6, 6.07) is 52.4. The Kier molecular flexibility index (Phi) is 5.78. The van der Waals surface area contributed by atoms with Crippen LogP contribution in [0.25, 0.3) is 88.8 Å². The summed E-state index contributed by atoms with van der Waals surface area (Å²) in [6.07, 6.45) is 0. The van der Waals surface area contributed by atoms with Gasteiger partial charge < -0.3 is 4.42 Å². The largest absolute Gasteiger partial charge is 0.456 e. The zero-order valence-electron chi connectivity index (χ0n) is 24.2. The van der Waals surface area contributed by atoms with Crippen LogP contribution >= 0.6 is 0 Å². The predicted octanol–water partition coefficient (Wildman–Crippen LogP) is 10.7. The van der Waals surface area contributed by atoms with E-state index in [4.69, 9.17) is 19.4 Å². The summed E-state index contributed by atoms with van der Waals surface area (Å²) in [4.78, 5) is 14.9. The molecule has 4 heteroatoms. The molecule has 9 rings (SSSR count). The second-order valence-corrected chi connectivity index (χ2v) is 11.3. The minimum atomic E-state index is 0.604. The summed E-state index contributed by atoms with van der Waals surface area (Å²) in [5.74, 6) is 1.86. The molecule has 4 nitrogen and oxygen atoms in total. The van der Waals surface area contributed by atoms with E-state index < -0.39 is 0 Å². The molecule has 0 amide bonds. The molecule has 0 atom stereocenters. The van der Waals surface area contributed by atoms with Gasteiger partial charge in [-0.15, -0.1) is 0 Å². The van der Waals surface area contributed by atoms with Crippen molar-refractivity contribution in [1.29, 1.82) is 0 Å². The summed E-state index contributed by atoms with van der Waals surface area (Å²) < 4.78 is 6.19. The van der Waals surface area contributed by atoms with Gasteiger partial charge in [0.15, 0.2) is 17.5 Å². The summed E-state index contributed by atoms with van der Waals surface area (Å²) in [6.45, 7) is 0. The average molecular weight is 576 g/mol. The van der Waals surface area contributed by atoms with Crippen molar-refractivity contribution in [3.63, 3.8) is 0 Å². The first-order valence-corrected chi connectivity index (χ1v) is 15.0. The van der Waals surface area contributed by atoms with Crippen LogP contribution in [0.5, 0.6) is 0 Å². The van der Waals surface area contributed by atoms with Gasteiger partial charge in [0, 0.05) is 27.5 Å². The molecule has 0 fully saturated rings. The Hall–Kier alpha value is -6.13. The first kappa shape index (κ1) is 25.4. The third kappa shape index (κ3) is 4.43. The lowest BCUT2D eigenvalue weighted by Crippen LogP contribution is -2.00. The van der Waals surface area contributed by atoms with Crippen LogP contribution in [0.4, 0.5) is 0 Å². The highest BCUT2D eigenvalue weighted by Crippen LogP contribution is 2.34. The molecule has 0 N–H and O–H groups in total. The van der Waals surface area contributed by atoms with E-state index in [0.29, 0.717) is 17.5 Å². The fraction of sp³-hybridized carbons (Fsp3) is 0. The number of hydrogen-bond acceptors (Lipinski definition) is 4. The molecule has 0 aliphatic carbocycles. The molecular weight excluding hydrogens is 550 g/mol. The minimum Gasteiger partial charge on any atom is -0.456 e. The molecule has 2 aromatic heterocycles. The Balaban J connectivity index is 1.16. The highest BCUT2D eigenvalue weighted by molar-refractivity contribution is 6.05. The number of fused-ring (bicyclic) bond motifs is 5. The Bertz CT molecular complexity index is 2540. The quantitative estimate of drug-likeness (QED) is 0.209. The number of hydrogen-bond donors (Lipinski definition) is 0. The van der Waals surface area contributed by atoms with E-state index in [-0.39, 0.29) is 0 Å². The topological polar surface area (TPSA) is 51.8 Å². The third-order valence-corrected chi connectivity index (χ3v) is 8.50. The summed E-state index contributed by atoms with van der Waals surface area (Å²) in [7, 11) is 0. The lowest BCUT2D eigenvalue weighted by Gasteiger charge is -2.10. The summed E-state index contributed by atoms with van der Waals surface area (Å²) in [5, 5.41) is 6.96. The van der Waals surface area contributed by atoms with E-state index in [9.17, 15) is 0 Å². The predicted molar refractivity (Wildman–Crippen MR) is 184 cm³/mol. The summed E-state index contributed by atoms with van der Waals surface area (Å²) >= 11 is 0. The maximum atomic E-state index is 6.19. The van der Waals surface area contributed by atoms with Crippen molar-refractivity contribution < 1.29 is 4.42 Å². The second-order valence-electron chi connectivity index (χ2n) is 11.3. The maximum Gasteiger partial charge on any atom is 0.164 e. The van der Waals surface area contributed by atoms with Crippen LogP contribution in [0.3, 0.4) is 0 Å². The number of aromatic nitrogens is 3. The molecule has 45 heavy (non-hydrogen) atoms. The van der Waals surface area contributed by atoms with Crippen LogP contribution in [-0.2, 0) is 0 Å². The van der Waals surface area contributed by atoms with Gasteiger partial charge in [0.1, 0.15) is 11.2 Å². The van der Waals surface area contributed by atoms with Gasteiger partial charge >= 0.3 is 0 Å². The molecule has 7 aromatic carbocycles. The molecule has 0 aliphatic rings. The zero-order valence-corrected chi connectivity index (χ0v) is 24.2. The Morgan fingerprint density at radius 1 is 0.333 bits per heavy atom. The van der Waals surface area contributed by atoms with Crippen molar-refractivity contribution in [2.45, 2.75) is 0 Å². The first-order valence-electron chi connectivity index (χ1n) is 15.0. The minimum absolute atomic E-state index is 0.604. The maximum absolute atomic E-state index is 6.19. The number of benzene rings is 7. The van der Waals surface area contributed by atoms with E-state index >= 15 is 0 Å². The second kappa shape index (κ2) is 10.2. The first-order chi connectivity index (χ1) is 22.3. The number of furan rings is 1. The van der Waals surface area contributed by atoms with Crippen LogP contribution in [0, 0.1) is 0 Å². The van der Waals surface area contributed by atoms with Gasteiger partial charge in [-0.05, 0) is 63.0 Å². The van der Waals surface area contributed by atoms with Gasteiger partial charge in [-0.2, -0.15) is 0 Å². The molecule has 0 saturated heterocycles. The van der Waals surface area contributed by atoms with Gasteiger partial charge in [-0.25, -0.2) is 15.0 Å². The van der Waals surface area contributed by atoms with E-state index in [0.717, 1.165) is 49.4 Å². The SMILES string of the molecule is c1ccc(-c2nc(-c3ccc4cc(-c5cccc6ccccc56)ccc4c3)nc(-c3ccc4c(c3)oc3ccccc34)n2)cc1. The molecule has 210 valence electrons. The van der Waals surface area contributed by atoms with Crippen molar-refractivity contribution >= 4 is 43.5 Å². The Morgan fingerprint density at radius 3 is 1.73 bits per heavy atom. The highest BCUT2D eigenvalue weighted by Gasteiger charge is 2.15. The molecular formula is C41H25N3O. The van der Waals surface area contributed by atoms with E-state index in [2.05, 4.69) is 97.1 Å². The van der Waals surface area contributed by atoms with E-state index in [1.165, 1.54) is 21.9 Å². The molecule has 0 unspecified atom stereocenters. The van der Waals surface area contributed by atoms with Gasteiger partial charge in [-0.3, -0.25) is 0 Å². The lowest BCUT2D eigenvalue weighted by atomic mass is 9.96. The third-order valence-electron chi connectivity index (χ3n) is 8.50. The number of rotatable bonds is 4. The number of para-hydroxylation sites is 1. The van der Waals surface area contributed by atoms with E-state index in [1.807, 2.05) is 54.6 Å².